The van der Waals surface area contributed by atoms with Crippen molar-refractivity contribution in [3.63, 3.8) is 0 Å². The van der Waals surface area contributed by atoms with Crippen LogP contribution in [0.3, 0.4) is 0 Å². The molecule has 0 unspecified atom stereocenters. The van der Waals surface area contributed by atoms with Crippen molar-refractivity contribution in [1.29, 1.82) is 0 Å². The Labute approximate surface area is 159 Å². The van der Waals surface area contributed by atoms with E-state index < -0.39 is 0 Å². The van der Waals surface area contributed by atoms with E-state index in [-0.39, 0.29) is 6.03 Å². The number of halogens is 1. The zero-order chi connectivity index (χ0) is 17.9. The van der Waals surface area contributed by atoms with E-state index >= 15 is 0 Å². The molecule has 2 amide bonds. The fourth-order valence-corrected chi connectivity index (χ4v) is 4.13. The molecule has 26 heavy (non-hydrogen) atoms. The van der Waals surface area contributed by atoms with Gasteiger partial charge in [0, 0.05) is 29.8 Å². The Morgan fingerprint density at radius 1 is 1.00 bits per heavy atom. The SMILES string of the molecule is O=C(Nc1cccc(Cl)c1)N1CC(N2CCC(c3ccccc3)CC2)C1. The van der Waals surface area contributed by atoms with Crippen molar-refractivity contribution in [2.75, 3.05) is 31.5 Å². The molecule has 2 aliphatic heterocycles. The standard InChI is InChI=1S/C21H24ClN3O/c22-18-7-4-8-19(13-18)23-21(26)25-14-20(15-25)24-11-9-17(10-12-24)16-5-2-1-3-6-16/h1-8,13,17,20H,9-12,14-15H2,(H,23,26). The first-order chi connectivity index (χ1) is 12.7. The molecule has 2 fully saturated rings. The summed E-state index contributed by atoms with van der Waals surface area (Å²) in [5, 5.41) is 3.55. The van der Waals surface area contributed by atoms with Gasteiger partial charge < -0.3 is 10.2 Å². The van der Waals surface area contributed by atoms with Crippen LogP contribution < -0.4 is 5.32 Å². The second-order valence-corrected chi connectivity index (χ2v) is 7.66. The quantitative estimate of drug-likeness (QED) is 0.868. The summed E-state index contributed by atoms with van der Waals surface area (Å²) in [6.45, 7) is 3.85. The molecular weight excluding hydrogens is 346 g/mol. The van der Waals surface area contributed by atoms with Crippen molar-refractivity contribution < 1.29 is 4.79 Å². The van der Waals surface area contributed by atoms with Crippen molar-refractivity contribution >= 4 is 23.3 Å². The zero-order valence-corrected chi connectivity index (χ0v) is 15.5. The molecule has 0 atom stereocenters. The fourth-order valence-electron chi connectivity index (χ4n) is 3.94. The Hall–Kier alpha value is -2.04. The van der Waals surface area contributed by atoms with Gasteiger partial charge in [0.15, 0.2) is 0 Å². The first-order valence-corrected chi connectivity index (χ1v) is 9.67. The first kappa shape index (κ1) is 17.4. The van der Waals surface area contributed by atoms with Crippen LogP contribution in [0.15, 0.2) is 54.6 Å². The van der Waals surface area contributed by atoms with Gasteiger partial charge in [-0.15, -0.1) is 0 Å². The highest BCUT2D eigenvalue weighted by atomic mass is 35.5. The first-order valence-electron chi connectivity index (χ1n) is 9.29. The predicted octanol–water partition coefficient (Wildman–Crippen LogP) is 4.44. The number of amides is 2. The monoisotopic (exact) mass is 369 g/mol. The summed E-state index contributed by atoms with van der Waals surface area (Å²) in [5.41, 5.74) is 2.21. The molecule has 1 N–H and O–H groups in total. The number of nitrogens with zero attached hydrogens (tertiary/aromatic N) is 2. The number of piperidine rings is 1. The summed E-state index contributed by atoms with van der Waals surface area (Å²) in [7, 11) is 0. The minimum Gasteiger partial charge on any atom is -0.321 e. The number of benzene rings is 2. The van der Waals surface area contributed by atoms with Gasteiger partial charge in [0.2, 0.25) is 0 Å². The topological polar surface area (TPSA) is 35.6 Å². The lowest BCUT2D eigenvalue weighted by molar-refractivity contribution is 0.0454. The summed E-state index contributed by atoms with van der Waals surface area (Å²) < 4.78 is 0. The van der Waals surface area contributed by atoms with Gasteiger partial charge in [0.05, 0.1) is 0 Å². The molecule has 2 aliphatic rings. The normalized spacial score (nSPS) is 19.2. The van der Waals surface area contributed by atoms with Gasteiger partial charge in [-0.1, -0.05) is 48.0 Å². The van der Waals surface area contributed by atoms with Crippen LogP contribution in [0, 0.1) is 0 Å². The minimum atomic E-state index is -0.0392. The van der Waals surface area contributed by atoms with Crippen LogP contribution in [-0.2, 0) is 0 Å². The van der Waals surface area contributed by atoms with Gasteiger partial charge in [-0.05, 0) is 55.6 Å². The van der Waals surface area contributed by atoms with E-state index in [9.17, 15) is 4.79 Å². The molecule has 2 aromatic carbocycles. The summed E-state index contributed by atoms with van der Waals surface area (Å²) in [5.74, 6) is 0.676. The number of likely N-dealkylation sites (tertiary alicyclic amines) is 2. The number of rotatable bonds is 3. The fraction of sp³-hybridized carbons (Fsp3) is 0.381. The van der Waals surface area contributed by atoms with Gasteiger partial charge in [0.25, 0.3) is 0 Å². The Kier molecular flexibility index (Phi) is 5.14. The molecule has 0 spiro atoms. The Morgan fingerprint density at radius 3 is 2.42 bits per heavy atom. The molecule has 0 bridgehead atoms. The highest BCUT2D eigenvalue weighted by molar-refractivity contribution is 6.30. The Bertz CT molecular complexity index is 753. The van der Waals surface area contributed by atoms with E-state index in [4.69, 9.17) is 11.6 Å². The molecule has 4 nitrogen and oxygen atoms in total. The second kappa shape index (κ2) is 7.68. The highest BCUT2D eigenvalue weighted by Crippen LogP contribution is 2.30. The average molecular weight is 370 g/mol. The smallest absolute Gasteiger partial charge is 0.321 e. The van der Waals surface area contributed by atoms with E-state index in [2.05, 4.69) is 40.5 Å². The molecule has 0 aliphatic carbocycles. The molecule has 2 aromatic rings. The summed E-state index contributed by atoms with van der Waals surface area (Å²) in [6, 6.07) is 18.5. The van der Waals surface area contributed by atoms with Crippen LogP contribution in [0.4, 0.5) is 10.5 Å². The number of hydrogen-bond donors (Lipinski definition) is 1. The lowest BCUT2D eigenvalue weighted by atomic mass is 9.88. The van der Waals surface area contributed by atoms with Gasteiger partial charge in [0.1, 0.15) is 0 Å². The molecule has 0 saturated carbocycles. The predicted molar refractivity (Wildman–Crippen MR) is 106 cm³/mol. The van der Waals surface area contributed by atoms with E-state index in [0.29, 0.717) is 17.0 Å². The maximum absolute atomic E-state index is 12.3. The van der Waals surface area contributed by atoms with Crippen LogP contribution >= 0.6 is 11.6 Å². The number of carbonyl (C=O) groups excluding carboxylic acids is 1. The van der Waals surface area contributed by atoms with Gasteiger partial charge in [-0.3, -0.25) is 4.90 Å². The van der Waals surface area contributed by atoms with Crippen molar-refractivity contribution in [2.45, 2.75) is 24.8 Å². The van der Waals surface area contributed by atoms with Crippen LogP contribution in [0.5, 0.6) is 0 Å². The maximum Gasteiger partial charge on any atom is 0.321 e. The van der Waals surface area contributed by atoms with Crippen molar-refractivity contribution in [1.82, 2.24) is 9.80 Å². The molecular formula is C21H24ClN3O. The number of anilines is 1. The van der Waals surface area contributed by atoms with Gasteiger partial charge in [-0.2, -0.15) is 0 Å². The number of hydrogen-bond acceptors (Lipinski definition) is 2. The number of urea groups is 1. The van der Waals surface area contributed by atoms with Crippen molar-refractivity contribution in [3.8, 4) is 0 Å². The summed E-state index contributed by atoms with van der Waals surface area (Å²) in [6.07, 6.45) is 2.41. The molecule has 136 valence electrons. The van der Waals surface area contributed by atoms with Crippen LogP contribution in [-0.4, -0.2) is 48.1 Å². The zero-order valence-electron chi connectivity index (χ0n) is 14.8. The average Bonchev–Trinajstić information content (AvgIpc) is 2.62. The Morgan fingerprint density at radius 2 is 1.73 bits per heavy atom. The van der Waals surface area contributed by atoms with E-state index in [1.807, 2.05) is 17.0 Å². The van der Waals surface area contributed by atoms with Crippen LogP contribution in [0.2, 0.25) is 5.02 Å². The van der Waals surface area contributed by atoms with Gasteiger partial charge in [-0.25, -0.2) is 4.79 Å². The largest absolute Gasteiger partial charge is 0.321 e. The number of carbonyl (C=O) groups is 1. The lowest BCUT2D eigenvalue weighted by Gasteiger charge is -2.47. The minimum absolute atomic E-state index is 0.0392. The third-order valence-corrected chi connectivity index (χ3v) is 5.78. The lowest BCUT2D eigenvalue weighted by Crippen LogP contribution is -2.62. The van der Waals surface area contributed by atoms with Crippen molar-refractivity contribution in [3.05, 3.63) is 65.2 Å². The van der Waals surface area contributed by atoms with E-state index in [1.54, 1.807) is 12.1 Å². The van der Waals surface area contributed by atoms with E-state index in [1.165, 1.54) is 18.4 Å². The second-order valence-electron chi connectivity index (χ2n) is 7.22. The van der Waals surface area contributed by atoms with Crippen LogP contribution in [0.25, 0.3) is 0 Å². The highest BCUT2D eigenvalue weighted by Gasteiger charge is 2.36. The number of nitrogens with one attached hydrogen (secondary N) is 1. The van der Waals surface area contributed by atoms with Crippen molar-refractivity contribution in [2.24, 2.45) is 0 Å². The third kappa shape index (κ3) is 3.87. The molecule has 0 radical (unpaired) electrons. The molecule has 0 aromatic heterocycles. The van der Waals surface area contributed by atoms with Gasteiger partial charge >= 0.3 is 6.03 Å². The molecule has 5 heteroatoms. The van der Waals surface area contributed by atoms with Crippen LogP contribution in [0.1, 0.15) is 24.3 Å². The van der Waals surface area contributed by atoms with E-state index in [0.717, 1.165) is 31.9 Å². The maximum atomic E-state index is 12.3. The molecule has 2 saturated heterocycles. The Balaban J connectivity index is 1.23. The summed E-state index contributed by atoms with van der Waals surface area (Å²) in [4.78, 5) is 16.7. The molecule has 4 rings (SSSR count). The molecule has 2 heterocycles. The summed E-state index contributed by atoms with van der Waals surface area (Å²) >= 11 is 5.96. The third-order valence-electron chi connectivity index (χ3n) is 5.54.